The molecule has 0 spiro atoms. The fraction of sp³-hybridized carbons (Fsp3) is 0.250. The zero-order valence-corrected chi connectivity index (χ0v) is 9.50. The Balaban J connectivity index is 2.50. The Bertz CT molecular complexity index is 451. The maximum Gasteiger partial charge on any atom is 0.0393 e. The number of hydrogen-bond donors (Lipinski definition) is 1. The van der Waals surface area contributed by atoms with Gasteiger partial charge in [-0.05, 0) is 23.3 Å². The summed E-state index contributed by atoms with van der Waals surface area (Å²) in [4.78, 5) is 4.15. The van der Waals surface area contributed by atoms with Crippen LogP contribution < -0.4 is 5.73 Å². The lowest BCUT2D eigenvalue weighted by Crippen LogP contribution is -2.13. The van der Waals surface area contributed by atoms with Gasteiger partial charge in [0.25, 0.3) is 0 Å². The molecule has 2 nitrogen and oxygen atoms in total. The van der Waals surface area contributed by atoms with Gasteiger partial charge >= 0.3 is 0 Å². The molecule has 0 amide bonds. The highest BCUT2D eigenvalue weighted by atomic mass is 32.2. The van der Waals surface area contributed by atoms with Crippen molar-refractivity contribution in [1.29, 1.82) is 0 Å². The van der Waals surface area contributed by atoms with Gasteiger partial charge in [0.15, 0.2) is 0 Å². The van der Waals surface area contributed by atoms with E-state index < -0.39 is 0 Å². The molecular formula is C12H14N2S. The van der Waals surface area contributed by atoms with Crippen molar-refractivity contribution in [2.24, 2.45) is 5.73 Å². The number of benzene rings is 1. The fourth-order valence-corrected chi connectivity index (χ4v) is 2.27. The second-order valence-corrected chi connectivity index (χ2v) is 4.42. The number of hydrogen-bond acceptors (Lipinski definition) is 3. The number of nitrogens with zero attached hydrogens (tertiary/aromatic N) is 1. The highest BCUT2D eigenvalue weighted by molar-refractivity contribution is 7.98. The van der Waals surface area contributed by atoms with Crippen molar-refractivity contribution in [1.82, 2.24) is 4.98 Å². The molecule has 1 aromatic carbocycles. The van der Waals surface area contributed by atoms with Crippen LogP contribution in [0.25, 0.3) is 10.8 Å². The molecule has 0 saturated carbocycles. The van der Waals surface area contributed by atoms with E-state index in [1.54, 1.807) is 11.8 Å². The fourth-order valence-electron chi connectivity index (χ4n) is 1.73. The molecule has 78 valence electrons. The van der Waals surface area contributed by atoms with Crippen molar-refractivity contribution in [3.8, 4) is 0 Å². The number of rotatable bonds is 3. The van der Waals surface area contributed by atoms with Crippen LogP contribution in [0.1, 0.15) is 11.6 Å². The summed E-state index contributed by atoms with van der Waals surface area (Å²) in [5.41, 5.74) is 7.31. The van der Waals surface area contributed by atoms with Gasteiger partial charge in [0.05, 0.1) is 0 Å². The minimum Gasteiger partial charge on any atom is -0.323 e. The van der Waals surface area contributed by atoms with Crippen molar-refractivity contribution in [2.45, 2.75) is 6.04 Å². The molecular weight excluding hydrogens is 204 g/mol. The van der Waals surface area contributed by atoms with Crippen molar-refractivity contribution in [2.75, 3.05) is 12.0 Å². The monoisotopic (exact) mass is 218 g/mol. The van der Waals surface area contributed by atoms with E-state index in [0.717, 1.165) is 5.75 Å². The first-order valence-corrected chi connectivity index (χ1v) is 6.29. The molecule has 1 heterocycles. The second-order valence-electron chi connectivity index (χ2n) is 3.51. The lowest BCUT2D eigenvalue weighted by atomic mass is 10.0. The Labute approximate surface area is 93.9 Å². The molecule has 2 N–H and O–H groups in total. The maximum atomic E-state index is 6.12. The van der Waals surface area contributed by atoms with Crippen LogP contribution in [0.3, 0.4) is 0 Å². The topological polar surface area (TPSA) is 38.9 Å². The van der Waals surface area contributed by atoms with Crippen molar-refractivity contribution < 1.29 is 0 Å². The molecule has 1 atom stereocenters. The van der Waals surface area contributed by atoms with E-state index in [-0.39, 0.29) is 6.04 Å². The van der Waals surface area contributed by atoms with Gasteiger partial charge in [-0.25, -0.2) is 0 Å². The van der Waals surface area contributed by atoms with Crippen LogP contribution >= 0.6 is 11.8 Å². The van der Waals surface area contributed by atoms with Crippen LogP contribution in [0.2, 0.25) is 0 Å². The lowest BCUT2D eigenvalue weighted by molar-refractivity contribution is 0.841. The first-order valence-electron chi connectivity index (χ1n) is 4.90. The van der Waals surface area contributed by atoms with Gasteiger partial charge in [-0.2, -0.15) is 11.8 Å². The van der Waals surface area contributed by atoms with Crippen LogP contribution in [-0.2, 0) is 0 Å². The van der Waals surface area contributed by atoms with E-state index >= 15 is 0 Å². The smallest absolute Gasteiger partial charge is 0.0393 e. The molecule has 0 fully saturated rings. The molecule has 15 heavy (non-hydrogen) atoms. The molecule has 2 aromatic rings. The van der Waals surface area contributed by atoms with Crippen molar-refractivity contribution in [3.63, 3.8) is 0 Å². The zero-order chi connectivity index (χ0) is 10.7. The van der Waals surface area contributed by atoms with E-state index in [1.165, 1.54) is 16.3 Å². The first-order chi connectivity index (χ1) is 7.33. The van der Waals surface area contributed by atoms with Crippen LogP contribution in [0.5, 0.6) is 0 Å². The van der Waals surface area contributed by atoms with E-state index in [0.29, 0.717) is 0 Å². The number of thioether (sulfide) groups is 1. The van der Waals surface area contributed by atoms with Crippen molar-refractivity contribution >= 4 is 22.5 Å². The van der Waals surface area contributed by atoms with Gasteiger partial charge in [-0.1, -0.05) is 18.2 Å². The molecule has 0 aliphatic carbocycles. The molecule has 0 bridgehead atoms. The highest BCUT2D eigenvalue weighted by Crippen LogP contribution is 2.23. The largest absolute Gasteiger partial charge is 0.323 e. The summed E-state index contributed by atoms with van der Waals surface area (Å²) in [6, 6.07) is 8.34. The van der Waals surface area contributed by atoms with Gasteiger partial charge in [0.1, 0.15) is 0 Å². The first kappa shape index (κ1) is 10.5. The van der Waals surface area contributed by atoms with Crippen molar-refractivity contribution in [3.05, 3.63) is 42.2 Å². The third kappa shape index (κ3) is 2.13. The van der Waals surface area contributed by atoms with E-state index in [1.807, 2.05) is 18.5 Å². The quantitative estimate of drug-likeness (QED) is 0.860. The molecule has 0 saturated heterocycles. The summed E-state index contributed by atoms with van der Waals surface area (Å²) < 4.78 is 0. The van der Waals surface area contributed by atoms with Gasteiger partial charge < -0.3 is 5.73 Å². The van der Waals surface area contributed by atoms with E-state index in [4.69, 9.17) is 5.73 Å². The second kappa shape index (κ2) is 4.64. The molecule has 2 rings (SSSR count). The Morgan fingerprint density at radius 3 is 3.07 bits per heavy atom. The minimum absolute atomic E-state index is 0.0906. The summed E-state index contributed by atoms with van der Waals surface area (Å²) in [5.74, 6) is 0.938. The van der Waals surface area contributed by atoms with Crippen LogP contribution in [0.15, 0.2) is 36.7 Å². The maximum absolute atomic E-state index is 6.12. The normalized spacial score (nSPS) is 12.9. The van der Waals surface area contributed by atoms with Gasteiger partial charge in [-0.15, -0.1) is 0 Å². The number of nitrogens with two attached hydrogens (primary N) is 1. The van der Waals surface area contributed by atoms with Crippen LogP contribution in [0, 0.1) is 0 Å². The third-order valence-electron chi connectivity index (χ3n) is 2.46. The van der Waals surface area contributed by atoms with Gasteiger partial charge in [-0.3, -0.25) is 4.98 Å². The summed E-state index contributed by atoms with van der Waals surface area (Å²) in [6.45, 7) is 0. The highest BCUT2D eigenvalue weighted by Gasteiger charge is 2.08. The average Bonchev–Trinajstić information content (AvgIpc) is 2.28. The van der Waals surface area contributed by atoms with Gasteiger partial charge in [0.2, 0.25) is 0 Å². The molecule has 0 radical (unpaired) electrons. The Hall–Kier alpha value is -1.06. The van der Waals surface area contributed by atoms with Gasteiger partial charge in [0, 0.05) is 29.6 Å². The average molecular weight is 218 g/mol. The number of fused-ring (bicyclic) bond motifs is 1. The Morgan fingerprint density at radius 1 is 1.40 bits per heavy atom. The lowest BCUT2D eigenvalue weighted by Gasteiger charge is -2.12. The third-order valence-corrected chi connectivity index (χ3v) is 3.16. The molecule has 3 heteroatoms. The zero-order valence-electron chi connectivity index (χ0n) is 8.68. The minimum atomic E-state index is 0.0906. The van der Waals surface area contributed by atoms with E-state index in [9.17, 15) is 0 Å². The molecule has 0 aliphatic heterocycles. The predicted octanol–water partition coefficient (Wildman–Crippen LogP) is 2.60. The molecule has 1 unspecified atom stereocenters. The Morgan fingerprint density at radius 2 is 2.27 bits per heavy atom. The summed E-state index contributed by atoms with van der Waals surface area (Å²) in [5, 5.41) is 2.38. The standard InChI is InChI=1S/C12H14N2S/c1-15-8-12(13)10-4-2-3-9-5-6-14-7-11(9)10/h2-7,12H,8,13H2,1H3. The summed E-state index contributed by atoms with van der Waals surface area (Å²) in [6.07, 6.45) is 5.78. The van der Waals surface area contributed by atoms with E-state index in [2.05, 4.69) is 29.4 Å². The number of aromatic nitrogens is 1. The molecule has 1 aromatic heterocycles. The predicted molar refractivity (Wildman–Crippen MR) is 67.1 cm³/mol. The SMILES string of the molecule is CSCC(N)c1cccc2ccncc12. The van der Waals surface area contributed by atoms with Crippen LogP contribution in [-0.4, -0.2) is 17.0 Å². The molecule has 0 aliphatic rings. The Kier molecular flexibility index (Phi) is 3.23. The summed E-state index contributed by atoms with van der Waals surface area (Å²) in [7, 11) is 0. The summed E-state index contributed by atoms with van der Waals surface area (Å²) >= 11 is 1.77. The number of pyridine rings is 1. The van der Waals surface area contributed by atoms with Crippen LogP contribution in [0.4, 0.5) is 0 Å².